The average molecular weight is 261 g/mol. The van der Waals surface area contributed by atoms with Gasteiger partial charge in [0.2, 0.25) is 5.60 Å². The zero-order chi connectivity index (χ0) is 13.6. The van der Waals surface area contributed by atoms with Gasteiger partial charge in [0.25, 0.3) is 0 Å². The second kappa shape index (κ2) is 4.43. The molecule has 7 nitrogen and oxygen atoms in total. The van der Waals surface area contributed by atoms with E-state index in [0.717, 1.165) is 0 Å². The molecule has 2 N–H and O–H groups in total. The summed E-state index contributed by atoms with van der Waals surface area (Å²) in [6, 6.07) is 0. The van der Waals surface area contributed by atoms with Gasteiger partial charge in [-0.1, -0.05) is 0 Å². The number of carbonyl (C=O) groups excluding carboxylic acids is 1. The van der Waals surface area contributed by atoms with Gasteiger partial charge in [0.05, 0.1) is 7.11 Å². The normalized spacial score (nSPS) is 41.7. The summed E-state index contributed by atoms with van der Waals surface area (Å²) in [6.07, 6.45) is -1.86. The van der Waals surface area contributed by atoms with Crippen LogP contribution in [0.5, 0.6) is 0 Å². The summed E-state index contributed by atoms with van der Waals surface area (Å²) in [5, 5.41) is 0. The van der Waals surface area contributed by atoms with Crippen molar-refractivity contribution in [1.82, 2.24) is 0 Å². The highest BCUT2D eigenvalue weighted by Crippen LogP contribution is 2.43. The Bertz CT molecular complexity index is 346. The highest BCUT2D eigenvalue weighted by molar-refractivity contribution is 5.81. The van der Waals surface area contributed by atoms with Crippen LogP contribution in [-0.4, -0.2) is 56.6 Å². The van der Waals surface area contributed by atoms with Crippen LogP contribution in [0.4, 0.5) is 0 Å². The van der Waals surface area contributed by atoms with Crippen LogP contribution in [0.15, 0.2) is 0 Å². The van der Waals surface area contributed by atoms with E-state index in [-0.39, 0.29) is 6.54 Å². The van der Waals surface area contributed by atoms with Crippen molar-refractivity contribution in [2.75, 3.05) is 20.8 Å². The Morgan fingerprint density at radius 2 is 1.94 bits per heavy atom. The summed E-state index contributed by atoms with van der Waals surface area (Å²) < 4.78 is 27.0. The third-order valence-corrected chi connectivity index (χ3v) is 3.26. The smallest absolute Gasteiger partial charge is 0.342 e. The van der Waals surface area contributed by atoms with Gasteiger partial charge in [-0.3, -0.25) is 0 Å². The molecule has 0 aromatic heterocycles. The Labute approximate surface area is 105 Å². The molecule has 18 heavy (non-hydrogen) atoms. The average Bonchev–Trinajstić information content (AvgIpc) is 2.76. The van der Waals surface area contributed by atoms with Crippen molar-refractivity contribution in [2.24, 2.45) is 5.73 Å². The minimum atomic E-state index is -1.38. The molecule has 2 heterocycles. The van der Waals surface area contributed by atoms with E-state index in [2.05, 4.69) is 0 Å². The molecule has 2 fully saturated rings. The van der Waals surface area contributed by atoms with Gasteiger partial charge >= 0.3 is 5.97 Å². The van der Waals surface area contributed by atoms with Crippen molar-refractivity contribution < 1.29 is 28.5 Å². The van der Waals surface area contributed by atoms with Crippen LogP contribution in [0.2, 0.25) is 0 Å². The van der Waals surface area contributed by atoms with E-state index in [0.29, 0.717) is 0 Å². The lowest BCUT2D eigenvalue weighted by Crippen LogP contribution is -2.57. The number of hydrogen-bond donors (Lipinski definition) is 1. The van der Waals surface area contributed by atoms with Crippen molar-refractivity contribution >= 4 is 5.97 Å². The van der Waals surface area contributed by atoms with Gasteiger partial charge < -0.3 is 29.4 Å². The molecule has 2 rings (SSSR count). The van der Waals surface area contributed by atoms with E-state index < -0.39 is 35.9 Å². The Kier molecular flexibility index (Phi) is 3.37. The van der Waals surface area contributed by atoms with Crippen molar-refractivity contribution in [2.45, 2.75) is 43.7 Å². The number of ether oxygens (including phenoxy) is 5. The predicted molar refractivity (Wildman–Crippen MR) is 59.5 cm³/mol. The zero-order valence-corrected chi connectivity index (χ0v) is 11.0. The van der Waals surface area contributed by atoms with Gasteiger partial charge in [0.15, 0.2) is 12.1 Å². The lowest BCUT2D eigenvalue weighted by atomic mass is 9.95. The quantitative estimate of drug-likeness (QED) is 0.677. The van der Waals surface area contributed by atoms with Crippen LogP contribution in [0.1, 0.15) is 13.8 Å². The van der Waals surface area contributed by atoms with E-state index in [4.69, 9.17) is 29.4 Å². The molecule has 2 aliphatic heterocycles. The second-order valence-corrected chi connectivity index (χ2v) is 4.83. The number of esters is 1. The van der Waals surface area contributed by atoms with Gasteiger partial charge in [0, 0.05) is 13.7 Å². The first-order valence-electron chi connectivity index (χ1n) is 5.75. The summed E-state index contributed by atoms with van der Waals surface area (Å²) in [5.74, 6) is -1.36. The second-order valence-electron chi connectivity index (χ2n) is 4.83. The van der Waals surface area contributed by atoms with Crippen LogP contribution in [0.3, 0.4) is 0 Å². The van der Waals surface area contributed by atoms with Crippen LogP contribution in [-0.2, 0) is 28.5 Å². The molecule has 0 aliphatic carbocycles. The fourth-order valence-electron chi connectivity index (χ4n) is 2.50. The SMILES string of the molecule is COC(=O)[C@@]1(CN)O[C@@H]2OC(C)(C)O[C@@H]2[C@H]1OC. The molecular weight excluding hydrogens is 242 g/mol. The van der Waals surface area contributed by atoms with Gasteiger partial charge in [-0.05, 0) is 13.8 Å². The highest BCUT2D eigenvalue weighted by Gasteiger charge is 2.65. The third kappa shape index (κ3) is 1.83. The standard InChI is InChI=1S/C11H19NO6/c1-10(2)16-6-7(14-3)11(5-12,9(13)15-4)18-8(6)17-10/h6-8H,5,12H2,1-4H3/t6-,7-,8+,11+/m1/s1. The lowest BCUT2D eigenvalue weighted by molar-refractivity contribution is -0.243. The molecule has 0 bridgehead atoms. The zero-order valence-electron chi connectivity index (χ0n) is 11.0. The minimum Gasteiger partial charge on any atom is -0.467 e. The largest absolute Gasteiger partial charge is 0.467 e. The molecule has 0 unspecified atom stereocenters. The molecule has 0 aromatic carbocycles. The van der Waals surface area contributed by atoms with E-state index in [1.54, 1.807) is 13.8 Å². The molecule has 7 heteroatoms. The Morgan fingerprint density at radius 1 is 1.28 bits per heavy atom. The minimum absolute atomic E-state index is 0.0711. The highest BCUT2D eigenvalue weighted by atomic mass is 16.8. The van der Waals surface area contributed by atoms with Crippen molar-refractivity contribution in [1.29, 1.82) is 0 Å². The molecule has 0 spiro atoms. The molecular formula is C11H19NO6. The molecule has 0 amide bonds. The predicted octanol–water partition coefficient (Wildman–Crippen LogP) is -0.620. The Hall–Kier alpha value is -0.730. The summed E-state index contributed by atoms with van der Waals surface area (Å²) >= 11 is 0. The number of rotatable bonds is 3. The van der Waals surface area contributed by atoms with Crippen molar-refractivity contribution in [3.63, 3.8) is 0 Å². The molecule has 2 aliphatic rings. The Morgan fingerprint density at radius 3 is 2.44 bits per heavy atom. The topological polar surface area (TPSA) is 89.2 Å². The van der Waals surface area contributed by atoms with Gasteiger partial charge in [0.1, 0.15) is 12.2 Å². The summed E-state index contributed by atoms with van der Waals surface area (Å²) in [7, 11) is 2.74. The van der Waals surface area contributed by atoms with Crippen LogP contribution in [0, 0.1) is 0 Å². The number of carbonyl (C=O) groups is 1. The fraction of sp³-hybridized carbons (Fsp3) is 0.909. The molecule has 0 aromatic rings. The maximum absolute atomic E-state index is 11.9. The van der Waals surface area contributed by atoms with Gasteiger partial charge in [-0.25, -0.2) is 4.79 Å². The number of methoxy groups -OCH3 is 2. The molecule has 0 radical (unpaired) electrons. The molecule has 104 valence electrons. The monoisotopic (exact) mass is 261 g/mol. The number of nitrogens with two attached hydrogens (primary N) is 1. The molecule has 0 saturated carbocycles. The maximum atomic E-state index is 11.9. The van der Waals surface area contributed by atoms with Crippen LogP contribution < -0.4 is 5.73 Å². The fourth-order valence-corrected chi connectivity index (χ4v) is 2.50. The first-order valence-corrected chi connectivity index (χ1v) is 5.75. The first kappa shape index (κ1) is 13.7. The van der Waals surface area contributed by atoms with E-state index in [9.17, 15) is 4.79 Å². The van der Waals surface area contributed by atoms with Crippen molar-refractivity contribution in [3.8, 4) is 0 Å². The van der Waals surface area contributed by atoms with Crippen LogP contribution >= 0.6 is 0 Å². The Balaban J connectivity index is 2.29. The van der Waals surface area contributed by atoms with Gasteiger partial charge in [-0.15, -0.1) is 0 Å². The molecule has 2 saturated heterocycles. The van der Waals surface area contributed by atoms with E-state index in [1.165, 1.54) is 14.2 Å². The van der Waals surface area contributed by atoms with E-state index >= 15 is 0 Å². The summed E-state index contributed by atoms with van der Waals surface area (Å²) in [4.78, 5) is 11.9. The number of fused-ring (bicyclic) bond motifs is 1. The summed E-state index contributed by atoms with van der Waals surface area (Å²) in [6.45, 7) is 3.46. The lowest BCUT2D eigenvalue weighted by Gasteiger charge is -2.32. The number of hydrogen-bond acceptors (Lipinski definition) is 7. The maximum Gasteiger partial charge on any atom is 0.342 e. The van der Waals surface area contributed by atoms with Crippen LogP contribution in [0.25, 0.3) is 0 Å². The summed E-state index contributed by atoms with van der Waals surface area (Å²) in [5.41, 5.74) is 4.29. The van der Waals surface area contributed by atoms with Crippen molar-refractivity contribution in [3.05, 3.63) is 0 Å². The molecule has 4 atom stereocenters. The first-order chi connectivity index (χ1) is 8.40. The van der Waals surface area contributed by atoms with Gasteiger partial charge in [-0.2, -0.15) is 0 Å². The third-order valence-electron chi connectivity index (χ3n) is 3.26. The van der Waals surface area contributed by atoms with E-state index in [1.807, 2.05) is 0 Å².